The average molecular weight is 399 g/mol. The summed E-state index contributed by atoms with van der Waals surface area (Å²) in [5.74, 6) is 0.341. The van der Waals surface area contributed by atoms with E-state index in [2.05, 4.69) is 9.98 Å². The molecule has 4 aromatic rings. The number of aromatic nitrogens is 1. The van der Waals surface area contributed by atoms with Gasteiger partial charge in [-0.15, -0.1) is 0 Å². The van der Waals surface area contributed by atoms with Gasteiger partial charge >= 0.3 is 0 Å². The van der Waals surface area contributed by atoms with Gasteiger partial charge in [0.05, 0.1) is 21.7 Å². The number of phenols is 1. The summed E-state index contributed by atoms with van der Waals surface area (Å²) in [4.78, 5) is 19.4. The Hall–Kier alpha value is -4.26. The van der Waals surface area contributed by atoms with E-state index in [1.807, 2.05) is 25.1 Å². The number of aromatic hydroxyl groups is 1. The first kappa shape index (κ1) is 19.1. The highest BCUT2D eigenvalue weighted by Crippen LogP contribution is 2.34. The van der Waals surface area contributed by atoms with E-state index in [0.717, 1.165) is 5.56 Å². The zero-order valence-corrected chi connectivity index (χ0v) is 16.0. The Morgan fingerprint density at radius 3 is 2.80 bits per heavy atom. The number of para-hydroxylation sites is 1. The molecule has 0 saturated heterocycles. The summed E-state index contributed by atoms with van der Waals surface area (Å²) in [7, 11) is 0. The number of benzene rings is 3. The minimum atomic E-state index is -0.426. The fraction of sp³-hybridized carbons (Fsp3) is 0.0435. The summed E-state index contributed by atoms with van der Waals surface area (Å²) >= 11 is 0. The molecule has 1 heterocycles. The molecule has 0 amide bonds. The van der Waals surface area contributed by atoms with E-state index in [-0.39, 0.29) is 11.4 Å². The highest BCUT2D eigenvalue weighted by Gasteiger charge is 2.13. The Morgan fingerprint density at radius 1 is 1.13 bits per heavy atom. The molecule has 3 aromatic carbocycles. The molecule has 0 radical (unpaired) electrons. The average Bonchev–Trinajstić information content (AvgIpc) is 3.15. The predicted octanol–water partition coefficient (Wildman–Crippen LogP) is 5.83. The zero-order valence-electron chi connectivity index (χ0n) is 16.0. The van der Waals surface area contributed by atoms with Crippen LogP contribution in [0.15, 0.2) is 76.1 Å². The van der Waals surface area contributed by atoms with Gasteiger partial charge < -0.3 is 9.52 Å². The van der Waals surface area contributed by atoms with Gasteiger partial charge in [-0.2, -0.15) is 0 Å². The number of aliphatic imine (C=N–C) groups is 1. The highest BCUT2D eigenvalue weighted by molar-refractivity contribution is 5.83. The first-order valence-electron chi connectivity index (χ1n) is 9.16. The van der Waals surface area contributed by atoms with Crippen LogP contribution in [0.3, 0.4) is 0 Å². The van der Waals surface area contributed by atoms with Gasteiger partial charge in [-0.05, 0) is 61.0 Å². The third kappa shape index (κ3) is 3.95. The number of aryl methyl sites for hydroxylation is 1. The van der Waals surface area contributed by atoms with Crippen molar-refractivity contribution in [3.05, 3.63) is 88.0 Å². The number of phenolic OH excluding ortho intramolecular Hbond substituents is 1. The van der Waals surface area contributed by atoms with Crippen molar-refractivity contribution in [1.29, 1.82) is 0 Å². The predicted molar refractivity (Wildman–Crippen MR) is 116 cm³/mol. The lowest BCUT2D eigenvalue weighted by Crippen LogP contribution is -1.90. The van der Waals surface area contributed by atoms with Crippen LogP contribution < -0.4 is 0 Å². The molecule has 0 aliphatic rings. The number of hydrogen-bond acceptors (Lipinski definition) is 6. The maximum atomic E-state index is 11.1. The Morgan fingerprint density at radius 2 is 1.97 bits per heavy atom. The lowest BCUT2D eigenvalue weighted by atomic mass is 10.1. The summed E-state index contributed by atoms with van der Waals surface area (Å²) in [5.41, 5.74) is 3.94. The number of nitro benzene ring substituents is 1. The molecule has 0 spiro atoms. The molecule has 0 saturated carbocycles. The molecule has 1 aromatic heterocycles. The topological polar surface area (TPSA) is 102 Å². The summed E-state index contributed by atoms with van der Waals surface area (Å²) < 4.78 is 5.76. The second-order valence-electron chi connectivity index (χ2n) is 6.64. The Labute approximate surface area is 171 Å². The standard InChI is InChI=1S/C23H17N3O4/c1-15-8-11-22-19(13-15)25-23(30-22)18-14-17(9-10-21(18)27)24-12-4-6-16-5-2-3-7-20(16)26(28)29/h2-14,27H,1H3/b6-4+,24-12?. The Balaban J connectivity index is 1.59. The van der Waals surface area contributed by atoms with Gasteiger partial charge in [0.25, 0.3) is 5.69 Å². The molecule has 1 N–H and O–H groups in total. The number of oxazole rings is 1. The van der Waals surface area contributed by atoms with E-state index in [4.69, 9.17) is 4.42 Å². The van der Waals surface area contributed by atoms with Crippen LogP contribution in [0, 0.1) is 17.0 Å². The van der Waals surface area contributed by atoms with Crippen molar-refractivity contribution in [2.75, 3.05) is 0 Å². The first-order valence-corrected chi connectivity index (χ1v) is 9.16. The van der Waals surface area contributed by atoms with Crippen molar-refractivity contribution in [2.24, 2.45) is 4.99 Å². The van der Waals surface area contributed by atoms with Crippen LogP contribution in [0.5, 0.6) is 5.75 Å². The number of hydrogen-bond donors (Lipinski definition) is 1. The first-order chi connectivity index (χ1) is 14.5. The van der Waals surface area contributed by atoms with Crippen molar-refractivity contribution in [3.63, 3.8) is 0 Å². The highest BCUT2D eigenvalue weighted by atomic mass is 16.6. The largest absolute Gasteiger partial charge is 0.507 e. The van der Waals surface area contributed by atoms with Gasteiger partial charge in [0.1, 0.15) is 11.3 Å². The van der Waals surface area contributed by atoms with Crippen molar-refractivity contribution >= 4 is 34.8 Å². The summed E-state index contributed by atoms with van der Waals surface area (Å²) in [6, 6.07) is 17.0. The number of allylic oxidation sites excluding steroid dienone is 1. The van der Waals surface area contributed by atoms with Crippen LogP contribution in [-0.2, 0) is 0 Å². The van der Waals surface area contributed by atoms with Crippen molar-refractivity contribution in [3.8, 4) is 17.2 Å². The number of rotatable bonds is 5. The molecular weight excluding hydrogens is 382 g/mol. The van der Waals surface area contributed by atoms with Crippen LogP contribution in [0.25, 0.3) is 28.6 Å². The molecule has 0 bridgehead atoms. The number of fused-ring (bicyclic) bond motifs is 1. The molecular formula is C23H17N3O4. The fourth-order valence-electron chi connectivity index (χ4n) is 3.00. The van der Waals surface area contributed by atoms with Crippen LogP contribution in [0.4, 0.5) is 11.4 Å². The molecule has 148 valence electrons. The molecule has 4 rings (SSSR count). The Bertz CT molecular complexity index is 1310. The SMILES string of the molecule is Cc1ccc2oc(-c3cc(N=C/C=C/c4ccccc4[N+](=O)[O-])ccc3O)nc2c1. The van der Waals surface area contributed by atoms with Crippen LogP contribution in [0.1, 0.15) is 11.1 Å². The van der Waals surface area contributed by atoms with E-state index in [1.54, 1.807) is 42.5 Å². The normalized spacial score (nSPS) is 11.6. The van der Waals surface area contributed by atoms with Crippen molar-refractivity contribution in [2.45, 2.75) is 6.92 Å². The minimum absolute atomic E-state index is 0.0280. The van der Waals surface area contributed by atoms with Crippen LogP contribution >= 0.6 is 0 Å². The molecule has 0 atom stereocenters. The minimum Gasteiger partial charge on any atom is -0.507 e. The lowest BCUT2D eigenvalue weighted by Gasteiger charge is -2.01. The second kappa shape index (κ2) is 8.00. The molecule has 0 aliphatic heterocycles. The maximum absolute atomic E-state index is 11.1. The lowest BCUT2D eigenvalue weighted by molar-refractivity contribution is -0.385. The fourth-order valence-corrected chi connectivity index (χ4v) is 3.00. The van der Waals surface area contributed by atoms with E-state index in [0.29, 0.717) is 33.8 Å². The molecule has 7 heteroatoms. The molecule has 0 aliphatic carbocycles. The number of nitro groups is 1. The second-order valence-corrected chi connectivity index (χ2v) is 6.64. The van der Waals surface area contributed by atoms with Gasteiger partial charge in [0.2, 0.25) is 5.89 Å². The third-order valence-electron chi connectivity index (χ3n) is 4.47. The van der Waals surface area contributed by atoms with E-state index < -0.39 is 4.92 Å². The molecule has 7 nitrogen and oxygen atoms in total. The van der Waals surface area contributed by atoms with Gasteiger partial charge in [-0.3, -0.25) is 15.1 Å². The summed E-state index contributed by atoms with van der Waals surface area (Å²) in [6.07, 6.45) is 4.77. The van der Waals surface area contributed by atoms with Crippen LogP contribution in [-0.4, -0.2) is 21.2 Å². The van der Waals surface area contributed by atoms with Crippen molar-refractivity contribution in [1.82, 2.24) is 4.98 Å². The van der Waals surface area contributed by atoms with Gasteiger partial charge in [-0.25, -0.2) is 4.98 Å². The van der Waals surface area contributed by atoms with Gasteiger partial charge in [0, 0.05) is 12.3 Å². The van der Waals surface area contributed by atoms with Crippen LogP contribution in [0.2, 0.25) is 0 Å². The molecule has 30 heavy (non-hydrogen) atoms. The van der Waals surface area contributed by atoms with E-state index in [1.165, 1.54) is 18.3 Å². The van der Waals surface area contributed by atoms with Gasteiger partial charge in [0.15, 0.2) is 5.58 Å². The number of nitrogens with zero attached hydrogens (tertiary/aromatic N) is 3. The smallest absolute Gasteiger partial charge is 0.276 e. The Kier molecular flexibility index (Phi) is 5.09. The summed E-state index contributed by atoms with van der Waals surface area (Å²) in [5, 5.41) is 21.3. The molecule has 0 unspecified atom stereocenters. The van der Waals surface area contributed by atoms with Crippen molar-refractivity contribution < 1.29 is 14.4 Å². The zero-order chi connectivity index (χ0) is 21.1. The summed E-state index contributed by atoms with van der Waals surface area (Å²) in [6.45, 7) is 1.97. The van der Waals surface area contributed by atoms with E-state index in [9.17, 15) is 15.2 Å². The quantitative estimate of drug-likeness (QED) is 0.258. The third-order valence-corrected chi connectivity index (χ3v) is 4.47. The monoisotopic (exact) mass is 399 g/mol. The molecule has 0 fully saturated rings. The van der Waals surface area contributed by atoms with Gasteiger partial charge in [-0.1, -0.05) is 18.2 Å². The maximum Gasteiger partial charge on any atom is 0.276 e. The van der Waals surface area contributed by atoms with E-state index >= 15 is 0 Å².